The zero-order valence-electron chi connectivity index (χ0n) is 18.2. The SMILES string of the molecule is CCn1c(CC(=O)Nc2ccc(C)cc2)nnc1SC(C)C(=O)Nc1nc(C)c(C)s1. The molecule has 0 saturated carbocycles. The van der Waals surface area contributed by atoms with Crippen LogP contribution in [0.3, 0.4) is 0 Å². The number of thiazole rings is 1. The Kier molecular flexibility index (Phi) is 7.45. The first-order valence-corrected chi connectivity index (χ1v) is 11.7. The number of carbonyl (C=O) groups excluding carboxylic acids is 2. The molecule has 1 atom stereocenters. The number of hydrogen-bond donors (Lipinski definition) is 2. The minimum atomic E-state index is -0.395. The molecule has 0 radical (unpaired) electrons. The standard InChI is InChI=1S/C21H26N6O2S2/c1-6-27-17(11-18(28)23-16-9-7-12(2)8-10-16)25-26-21(27)31-15(5)19(29)24-20-22-13(3)14(4)30-20/h7-10,15H,6,11H2,1-5H3,(H,23,28)(H,22,24,29). The molecule has 164 valence electrons. The van der Waals surface area contributed by atoms with Gasteiger partial charge in [0.1, 0.15) is 5.82 Å². The van der Waals surface area contributed by atoms with Crippen LogP contribution in [0.5, 0.6) is 0 Å². The minimum absolute atomic E-state index is 0.105. The van der Waals surface area contributed by atoms with Crippen LogP contribution in [-0.4, -0.2) is 36.8 Å². The molecule has 3 aromatic rings. The largest absolute Gasteiger partial charge is 0.326 e. The number of nitrogens with one attached hydrogen (secondary N) is 2. The van der Waals surface area contributed by atoms with Crippen molar-refractivity contribution in [2.75, 3.05) is 10.6 Å². The second-order valence-electron chi connectivity index (χ2n) is 7.14. The first-order valence-electron chi connectivity index (χ1n) is 9.97. The highest BCUT2D eigenvalue weighted by molar-refractivity contribution is 8.00. The van der Waals surface area contributed by atoms with Crippen LogP contribution in [-0.2, 0) is 22.6 Å². The topological polar surface area (TPSA) is 102 Å². The van der Waals surface area contributed by atoms with Gasteiger partial charge in [0.25, 0.3) is 0 Å². The van der Waals surface area contributed by atoms with E-state index in [9.17, 15) is 9.59 Å². The fraction of sp³-hybridized carbons (Fsp3) is 0.381. The Labute approximate surface area is 189 Å². The van der Waals surface area contributed by atoms with Crippen LogP contribution >= 0.6 is 23.1 Å². The molecule has 0 saturated heterocycles. The molecule has 8 nitrogen and oxygen atoms in total. The summed E-state index contributed by atoms with van der Waals surface area (Å²) >= 11 is 2.77. The maximum absolute atomic E-state index is 12.6. The highest BCUT2D eigenvalue weighted by Gasteiger charge is 2.21. The number of thioether (sulfide) groups is 1. The Hall–Kier alpha value is -2.72. The lowest BCUT2D eigenvalue weighted by molar-refractivity contribution is -0.116. The van der Waals surface area contributed by atoms with Crippen LogP contribution in [0.25, 0.3) is 0 Å². The average molecular weight is 459 g/mol. The van der Waals surface area contributed by atoms with Gasteiger partial charge in [-0.1, -0.05) is 29.5 Å². The molecule has 2 N–H and O–H groups in total. The summed E-state index contributed by atoms with van der Waals surface area (Å²) in [5, 5.41) is 14.9. The van der Waals surface area contributed by atoms with Gasteiger partial charge in [-0.05, 0) is 46.8 Å². The third kappa shape index (κ3) is 5.92. The van der Waals surface area contributed by atoms with Gasteiger partial charge in [-0.25, -0.2) is 4.98 Å². The van der Waals surface area contributed by atoms with Gasteiger partial charge in [0.05, 0.1) is 17.4 Å². The van der Waals surface area contributed by atoms with E-state index in [-0.39, 0.29) is 18.2 Å². The van der Waals surface area contributed by atoms with Crippen LogP contribution < -0.4 is 10.6 Å². The molecular weight excluding hydrogens is 432 g/mol. The van der Waals surface area contributed by atoms with Crippen molar-refractivity contribution in [3.05, 3.63) is 46.2 Å². The lowest BCUT2D eigenvalue weighted by Crippen LogP contribution is -2.23. The van der Waals surface area contributed by atoms with Gasteiger partial charge in [-0.15, -0.1) is 21.5 Å². The third-order valence-electron chi connectivity index (χ3n) is 4.67. The Bertz CT molecular complexity index is 1050. The summed E-state index contributed by atoms with van der Waals surface area (Å²) in [5.74, 6) is 0.249. The van der Waals surface area contributed by atoms with Gasteiger partial charge in [-0.3, -0.25) is 9.59 Å². The molecule has 1 unspecified atom stereocenters. The summed E-state index contributed by atoms with van der Waals surface area (Å²) in [6.07, 6.45) is 0.105. The molecular formula is C21H26N6O2S2. The van der Waals surface area contributed by atoms with Crippen molar-refractivity contribution in [3.63, 3.8) is 0 Å². The second-order valence-corrected chi connectivity index (χ2v) is 9.66. The third-order valence-corrected chi connectivity index (χ3v) is 6.74. The second kappa shape index (κ2) is 10.1. The molecule has 2 aromatic heterocycles. The molecule has 0 aliphatic carbocycles. The smallest absolute Gasteiger partial charge is 0.239 e. The number of amides is 2. The fourth-order valence-corrected chi connectivity index (χ4v) is 4.53. The van der Waals surface area contributed by atoms with E-state index in [1.165, 1.54) is 23.1 Å². The summed E-state index contributed by atoms with van der Waals surface area (Å²) < 4.78 is 1.86. The molecule has 0 aliphatic rings. The van der Waals surface area contributed by atoms with Crippen molar-refractivity contribution in [1.82, 2.24) is 19.7 Å². The summed E-state index contributed by atoms with van der Waals surface area (Å²) in [6, 6.07) is 7.62. The van der Waals surface area contributed by atoms with Crippen molar-refractivity contribution in [2.45, 2.75) is 58.0 Å². The number of benzene rings is 1. The van der Waals surface area contributed by atoms with Gasteiger partial charge in [0.15, 0.2) is 10.3 Å². The molecule has 0 fully saturated rings. The summed E-state index contributed by atoms with van der Waals surface area (Å²) in [7, 11) is 0. The molecule has 1 aromatic carbocycles. The Morgan fingerprint density at radius 2 is 1.84 bits per heavy atom. The average Bonchev–Trinajstić information content (AvgIpc) is 3.25. The van der Waals surface area contributed by atoms with E-state index in [1.54, 1.807) is 0 Å². The maximum Gasteiger partial charge on any atom is 0.239 e. The van der Waals surface area contributed by atoms with Crippen molar-refractivity contribution in [2.24, 2.45) is 0 Å². The van der Waals surface area contributed by atoms with E-state index in [1.807, 2.05) is 63.5 Å². The van der Waals surface area contributed by atoms with Gasteiger partial charge in [0.2, 0.25) is 11.8 Å². The van der Waals surface area contributed by atoms with Crippen LogP contribution in [0.15, 0.2) is 29.4 Å². The number of carbonyl (C=O) groups is 2. The van der Waals surface area contributed by atoms with E-state index >= 15 is 0 Å². The van der Waals surface area contributed by atoms with E-state index < -0.39 is 5.25 Å². The Morgan fingerprint density at radius 1 is 1.13 bits per heavy atom. The van der Waals surface area contributed by atoms with Crippen LogP contribution in [0.2, 0.25) is 0 Å². The first-order chi connectivity index (χ1) is 14.8. The normalized spacial score (nSPS) is 11.9. The molecule has 0 bridgehead atoms. The predicted octanol–water partition coefficient (Wildman–Crippen LogP) is 3.98. The van der Waals surface area contributed by atoms with Gasteiger partial charge >= 0.3 is 0 Å². The molecule has 0 spiro atoms. The van der Waals surface area contributed by atoms with Gasteiger partial charge < -0.3 is 15.2 Å². The lowest BCUT2D eigenvalue weighted by atomic mass is 10.2. The van der Waals surface area contributed by atoms with Crippen molar-refractivity contribution in [1.29, 1.82) is 0 Å². The van der Waals surface area contributed by atoms with Crippen molar-refractivity contribution < 1.29 is 9.59 Å². The molecule has 0 aliphatic heterocycles. The predicted molar refractivity (Wildman–Crippen MR) is 125 cm³/mol. The van der Waals surface area contributed by atoms with Crippen molar-refractivity contribution >= 4 is 45.7 Å². The number of anilines is 2. The van der Waals surface area contributed by atoms with E-state index in [0.29, 0.717) is 22.7 Å². The number of nitrogens with zero attached hydrogens (tertiary/aromatic N) is 4. The van der Waals surface area contributed by atoms with E-state index in [2.05, 4.69) is 25.8 Å². The molecule has 31 heavy (non-hydrogen) atoms. The van der Waals surface area contributed by atoms with E-state index in [4.69, 9.17) is 0 Å². The number of aromatic nitrogens is 4. The van der Waals surface area contributed by atoms with Gasteiger partial charge in [-0.2, -0.15) is 0 Å². The zero-order valence-corrected chi connectivity index (χ0v) is 19.9. The number of hydrogen-bond acceptors (Lipinski definition) is 7. The molecule has 10 heteroatoms. The fourth-order valence-electron chi connectivity index (χ4n) is 2.79. The first kappa shape index (κ1) is 23.0. The quantitative estimate of drug-likeness (QED) is 0.495. The Morgan fingerprint density at radius 3 is 2.45 bits per heavy atom. The molecule has 2 amide bonds. The number of rotatable bonds is 8. The lowest BCUT2D eigenvalue weighted by Gasteiger charge is -2.12. The highest BCUT2D eigenvalue weighted by atomic mass is 32.2. The number of aryl methyl sites for hydroxylation is 3. The van der Waals surface area contributed by atoms with Gasteiger partial charge in [0, 0.05) is 17.1 Å². The molecule has 3 rings (SSSR count). The van der Waals surface area contributed by atoms with E-state index in [0.717, 1.165) is 21.8 Å². The summed E-state index contributed by atoms with van der Waals surface area (Å²) in [4.78, 5) is 30.4. The highest BCUT2D eigenvalue weighted by Crippen LogP contribution is 2.26. The summed E-state index contributed by atoms with van der Waals surface area (Å²) in [6.45, 7) is 10.3. The van der Waals surface area contributed by atoms with Crippen LogP contribution in [0.4, 0.5) is 10.8 Å². The van der Waals surface area contributed by atoms with Crippen LogP contribution in [0.1, 0.15) is 35.8 Å². The minimum Gasteiger partial charge on any atom is -0.326 e. The van der Waals surface area contributed by atoms with Crippen LogP contribution in [0, 0.1) is 20.8 Å². The molecule has 2 heterocycles. The van der Waals surface area contributed by atoms with Crippen molar-refractivity contribution in [3.8, 4) is 0 Å². The maximum atomic E-state index is 12.6. The summed E-state index contributed by atoms with van der Waals surface area (Å²) in [5.41, 5.74) is 2.79. The Balaban J connectivity index is 1.62. The zero-order chi connectivity index (χ0) is 22.5. The monoisotopic (exact) mass is 458 g/mol.